The maximum atomic E-state index is 10.5. The molecular formula is C18H28N2O2. The minimum absolute atomic E-state index is 0.329. The predicted octanol–water partition coefficient (Wildman–Crippen LogP) is 2.19. The zero-order valence-corrected chi connectivity index (χ0v) is 13.3. The first-order valence-electron chi connectivity index (χ1n) is 8.67. The molecule has 4 nitrogen and oxygen atoms in total. The van der Waals surface area contributed by atoms with Gasteiger partial charge in [0.15, 0.2) is 0 Å². The Morgan fingerprint density at radius 2 is 1.95 bits per heavy atom. The summed E-state index contributed by atoms with van der Waals surface area (Å²) >= 11 is 0. The van der Waals surface area contributed by atoms with E-state index in [4.69, 9.17) is 4.74 Å². The molecule has 2 N–H and O–H groups in total. The average molecular weight is 304 g/mol. The van der Waals surface area contributed by atoms with Crippen molar-refractivity contribution in [2.24, 2.45) is 5.92 Å². The number of aliphatic hydroxyl groups excluding tert-OH is 1. The molecule has 4 heteroatoms. The smallest absolute Gasteiger partial charge is 0.119 e. The molecule has 2 fully saturated rings. The van der Waals surface area contributed by atoms with E-state index in [1.165, 1.54) is 25.9 Å². The van der Waals surface area contributed by atoms with Gasteiger partial charge in [0.25, 0.3) is 0 Å². The van der Waals surface area contributed by atoms with Gasteiger partial charge in [-0.05, 0) is 63.0 Å². The number of likely N-dealkylation sites (tertiary alicyclic amines) is 1. The lowest BCUT2D eigenvalue weighted by Gasteiger charge is -2.27. The SMILES string of the molecule is OC(c1ccc(OCCN2CCCC2)cc1)C1CCCNC1. The van der Waals surface area contributed by atoms with Crippen LogP contribution in [0.1, 0.15) is 37.4 Å². The van der Waals surface area contributed by atoms with Crippen molar-refractivity contribution >= 4 is 0 Å². The van der Waals surface area contributed by atoms with E-state index in [2.05, 4.69) is 10.2 Å². The van der Waals surface area contributed by atoms with Crippen LogP contribution in [0.25, 0.3) is 0 Å². The van der Waals surface area contributed by atoms with Gasteiger partial charge >= 0.3 is 0 Å². The molecule has 0 radical (unpaired) electrons. The average Bonchev–Trinajstić information content (AvgIpc) is 3.09. The van der Waals surface area contributed by atoms with Gasteiger partial charge in [-0.1, -0.05) is 12.1 Å². The van der Waals surface area contributed by atoms with Gasteiger partial charge < -0.3 is 15.2 Å². The molecule has 0 aliphatic carbocycles. The highest BCUT2D eigenvalue weighted by Crippen LogP contribution is 2.28. The molecule has 0 bridgehead atoms. The first kappa shape index (κ1) is 15.8. The summed E-state index contributed by atoms with van der Waals surface area (Å²) in [5.74, 6) is 1.23. The van der Waals surface area contributed by atoms with Gasteiger partial charge in [0.2, 0.25) is 0 Å². The van der Waals surface area contributed by atoms with Gasteiger partial charge in [-0.2, -0.15) is 0 Å². The van der Waals surface area contributed by atoms with Crippen LogP contribution in [0.3, 0.4) is 0 Å². The van der Waals surface area contributed by atoms with Crippen molar-refractivity contribution in [3.8, 4) is 5.75 Å². The van der Waals surface area contributed by atoms with Crippen molar-refractivity contribution in [3.05, 3.63) is 29.8 Å². The molecule has 122 valence electrons. The molecule has 2 aliphatic heterocycles. The summed E-state index contributed by atoms with van der Waals surface area (Å²) in [4.78, 5) is 2.45. The number of nitrogens with zero attached hydrogens (tertiary/aromatic N) is 1. The van der Waals surface area contributed by atoms with Crippen LogP contribution in [0.2, 0.25) is 0 Å². The monoisotopic (exact) mass is 304 g/mol. The Bertz CT molecular complexity index is 437. The molecule has 1 aromatic rings. The first-order chi connectivity index (χ1) is 10.8. The lowest BCUT2D eigenvalue weighted by atomic mass is 9.89. The molecule has 2 unspecified atom stereocenters. The highest BCUT2D eigenvalue weighted by atomic mass is 16.5. The number of benzene rings is 1. The maximum absolute atomic E-state index is 10.5. The minimum atomic E-state index is -0.369. The zero-order valence-electron chi connectivity index (χ0n) is 13.3. The Morgan fingerprint density at radius 1 is 1.18 bits per heavy atom. The van der Waals surface area contributed by atoms with Crippen LogP contribution in [-0.4, -0.2) is 49.3 Å². The molecule has 2 saturated heterocycles. The molecule has 1 aromatic carbocycles. The van der Waals surface area contributed by atoms with Crippen molar-refractivity contribution in [1.82, 2.24) is 10.2 Å². The van der Waals surface area contributed by atoms with Gasteiger partial charge in [-0.25, -0.2) is 0 Å². The molecule has 0 saturated carbocycles. The highest BCUT2D eigenvalue weighted by Gasteiger charge is 2.22. The first-order valence-corrected chi connectivity index (χ1v) is 8.67. The summed E-state index contributed by atoms with van der Waals surface area (Å²) in [6.45, 7) is 6.17. The standard InChI is InChI=1S/C18H28N2O2/c21-18(16-4-3-9-19-14-16)15-5-7-17(8-6-15)22-13-12-20-10-1-2-11-20/h5-8,16,18-19,21H,1-4,9-14H2. The summed E-state index contributed by atoms with van der Waals surface area (Å²) in [7, 11) is 0. The second-order valence-electron chi connectivity index (χ2n) is 6.52. The van der Waals surface area contributed by atoms with Crippen LogP contribution >= 0.6 is 0 Å². The maximum Gasteiger partial charge on any atom is 0.119 e. The number of ether oxygens (including phenoxy) is 1. The topological polar surface area (TPSA) is 44.7 Å². The fraction of sp³-hybridized carbons (Fsp3) is 0.667. The van der Waals surface area contributed by atoms with Crippen molar-refractivity contribution in [3.63, 3.8) is 0 Å². The van der Waals surface area contributed by atoms with E-state index in [1.807, 2.05) is 24.3 Å². The van der Waals surface area contributed by atoms with E-state index < -0.39 is 0 Å². The highest BCUT2D eigenvalue weighted by molar-refractivity contribution is 5.29. The summed E-state index contributed by atoms with van der Waals surface area (Å²) < 4.78 is 5.81. The van der Waals surface area contributed by atoms with Gasteiger partial charge in [0, 0.05) is 19.0 Å². The van der Waals surface area contributed by atoms with Crippen molar-refractivity contribution < 1.29 is 9.84 Å². The Balaban J connectivity index is 1.46. The van der Waals surface area contributed by atoms with Gasteiger partial charge in [0.1, 0.15) is 12.4 Å². The fourth-order valence-corrected chi connectivity index (χ4v) is 3.48. The Hall–Kier alpha value is -1.10. The molecule has 0 aromatic heterocycles. The third-order valence-electron chi connectivity index (χ3n) is 4.88. The molecule has 22 heavy (non-hydrogen) atoms. The lowest BCUT2D eigenvalue weighted by molar-refractivity contribution is 0.0921. The van der Waals surface area contributed by atoms with E-state index in [1.54, 1.807) is 0 Å². The Labute approximate surface area is 133 Å². The number of rotatable bonds is 6. The third kappa shape index (κ3) is 4.22. The van der Waals surface area contributed by atoms with Gasteiger partial charge in [-0.3, -0.25) is 4.90 Å². The normalized spacial score (nSPS) is 24.3. The number of nitrogens with one attached hydrogen (secondary N) is 1. The zero-order chi connectivity index (χ0) is 15.2. The molecular weight excluding hydrogens is 276 g/mol. The lowest BCUT2D eigenvalue weighted by Crippen LogP contribution is -2.33. The summed E-state index contributed by atoms with van der Waals surface area (Å²) in [6, 6.07) is 7.98. The number of aliphatic hydroxyl groups is 1. The van der Waals surface area contributed by atoms with Crippen molar-refractivity contribution in [1.29, 1.82) is 0 Å². The molecule has 0 spiro atoms. The summed E-state index contributed by atoms with van der Waals surface area (Å²) in [6.07, 6.45) is 4.53. The van der Waals surface area contributed by atoms with E-state index >= 15 is 0 Å². The largest absolute Gasteiger partial charge is 0.492 e. The number of hydrogen-bond acceptors (Lipinski definition) is 4. The minimum Gasteiger partial charge on any atom is -0.492 e. The second kappa shape index (κ2) is 7.95. The van der Waals surface area contributed by atoms with Gasteiger partial charge in [-0.15, -0.1) is 0 Å². The molecule has 2 atom stereocenters. The summed E-state index contributed by atoms with van der Waals surface area (Å²) in [5, 5.41) is 13.8. The van der Waals surface area contributed by atoms with E-state index in [0.29, 0.717) is 5.92 Å². The van der Waals surface area contributed by atoms with E-state index in [0.717, 1.165) is 50.4 Å². The predicted molar refractivity (Wildman–Crippen MR) is 88.2 cm³/mol. The van der Waals surface area contributed by atoms with Crippen molar-refractivity contribution in [2.75, 3.05) is 39.3 Å². The molecule has 2 aliphatic rings. The van der Waals surface area contributed by atoms with Crippen LogP contribution in [0, 0.1) is 5.92 Å². The quantitative estimate of drug-likeness (QED) is 0.846. The van der Waals surface area contributed by atoms with Crippen LogP contribution < -0.4 is 10.1 Å². The molecule has 0 amide bonds. The van der Waals surface area contributed by atoms with Crippen LogP contribution in [0.5, 0.6) is 5.75 Å². The van der Waals surface area contributed by atoms with E-state index in [-0.39, 0.29) is 6.10 Å². The number of hydrogen-bond donors (Lipinski definition) is 2. The van der Waals surface area contributed by atoms with E-state index in [9.17, 15) is 5.11 Å². The van der Waals surface area contributed by atoms with Crippen LogP contribution in [0.4, 0.5) is 0 Å². The molecule has 2 heterocycles. The molecule has 3 rings (SSSR count). The van der Waals surface area contributed by atoms with Crippen LogP contribution in [-0.2, 0) is 0 Å². The van der Waals surface area contributed by atoms with Gasteiger partial charge in [0.05, 0.1) is 6.10 Å². The van der Waals surface area contributed by atoms with Crippen molar-refractivity contribution in [2.45, 2.75) is 31.8 Å². The Morgan fingerprint density at radius 3 is 2.64 bits per heavy atom. The second-order valence-corrected chi connectivity index (χ2v) is 6.52. The van der Waals surface area contributed by atoms with Crippen LogP contribution in [0.15, 0.2) is 24.3 Å². The number of piperidine rings is 1. The summed E-state index contributed by atoms with van der Waals surface area (Å²) in [5.41, 5.74) is 1.00. The fourth-order valence-electron chi connectivity index (χ4n) is 3.48. The third-order valence-corrected chi connectivity index (χ3v) is 4.88. The Kier molecular flexibility index (Phi) is 5.70.